The van der Waals surface area contributed by atoms with E-state index in [2.05, 4.69) is 0 Å². The van der Waals surface area contributed by atoms with Gasteiger partial charge < -0.3 is 43.4 Å². The maximum absolute atomic E-state index is 10.7. The summed E-state index contributed by atoms with van der Waals surface area (Å²) in [5, 5.41) is 21.3. The van der Waals surface area contributed by atoms with E-state index in [-0.39, 0.29) is 70.7 Å². The minimum atomic E-state index is -0.185. The Bertz CT molecular complexity index is 838. The van der Waals surface area contributed by atoms with Gasteiger partial charge in [0.15, 0.2) is 23.0 Å². The van der Waals surface area contributed by atoms with Gasteiger partial charge >= 0.3 is 0 Å². The molecule has 0 radical (unpaired) electrons. The van der Waals surface area contributed by atoms with E-state index < -0.39 is 0 Å². The number of phenols is 2. The predicted octanol–water partition coefficient (Wildman–Crippen LogP) is 5.28. The first-order valence-corrected chi connectivity index (χ1v) is 11.2. The van der Waals surface area contributed by atoms with Crippen molar-refractivity contribution in [2.45, 2.75) is 41.5 Å². The number of hydrogen-bond acceptors (Lipinski definition) is 9. The molecular formula is C24H34O9. The van der Waals surface area contributed by atoms with Gasteiger partial charge in [0, 0.05) is 12.1 Å². The Labute approximate surface area is 194 Å². The van der Waals surface area contributed by atoms with Crippen molar-refractivity contribution >= 4 is 0 Å². The van der Waals surface area contributed by atoms with Gasteiger partial charge in [-0.2, -0.15) is 0 Å². The third-order valence-electron chi connectivity index (χ3n) is 4.26. The highest BCUT2D eigenvalue weighted by Crippen LogP contribution is 2.55. The smallest absolute Gasteiger partial charge is 0.211 e. The first kappa shape index (κ1) is 25.9. The number of aromatic hydroxyl groups is 2. The highest BCUT2D eigenvalue weighted by atomic mass is 16.6. The van der Waals surface area contributed by atoms with Gasteiger partial charge in [0.05, 0.1) is 39.6 Å². The molecule has 2 aromatic rings. The fourth-order valence-electron chi connectivity index (χ4n) is 3.09. The lowest BCUT2D eigenvalue weighted by Crippen LogP contribution is -2.05. The molecule has 0 heterocycles. The minimum absolute atomic E-state index is 0.104. The second kappa shape index (κ2) is 12.6. The summed E-state index contributed by atoms with van der Waals surface area (Å²) in [6, 6.07) is 3.02. The summed E-state index contributed by atoms with van der Waals surface area (Å²) in [5.74, 6) is 1.02. The summed E-state index contributed by atoms with van der Waals surface area (Å²) >= 11 is 0. The Morgan fingerprint density at radius 2 is 0.758 bits per heavy atom. The predicted molar refractivity (Wildman–Crippen MR) is 123 cm³/mol. The summed E-state index contributed by atoms with van der Waals surface area (Å²) < 4.78 is 40.2. The zero-order chi connectivity index (χ0) is 24.4. The van der Waals surface area contributed by atoms with E-state index in [0.29, 0.717) is 26.4 Å². The van der Waals surface area contributed by atoms with Gasteiger partial charge in [-0.3, -0.25) is 0 Å². The Morgan fingerprint density at radius 3 is 1.06 bits per heavy atom. The maximum atomic E-state index is 10.7. The van der Waals surface area contributed by atoms with Crippen LogP contribution < -0.4 is 33.2 Å². The monoisotopic (exact) mass is 466 g/mol. The second-order valence-electron chi connectivity index (χ2n) is 6.46. The van der Waals surface area contributed by atoms with Crippen LogP contribution in [-0.2, 0) is 0 Å². The minimum Gasteiger partial charge on any atom is -0.502 e. The molecule has 184 valence electrons. The fourth-order valence-corrected chi connectivity index (χ4v) is 3.09. The number of ether oxygens (including phenoxy) is 7. The van der Waals surface area contributed by atoms with Crippen LogP contribution in [-0.4, -0.2) is 49.9 Å². The van der Waals surface area contributed by atoms with Crippen LogP contribution in [0.5, 0.6) is 57.5 Å². The Morgan fingerprint density at radius 1 is 0.455 bits per heavy atom. The molecule has 9 heteroatoms. The summed E-state index contributed by atoms with van der Waals surface area (Å²) in [6.07, 6.45) is 0. The van der Waals surface area contributed by atoms with E-state index in [1.807, 2.05) is 0 Å². The van der Waals surface area contributed by atoms with Gasteiger partial charge in [-0.15, -0.1) is 0 Å². The fraction of sp³-hybridized carbons (Fsp3) is 0.500. The molecule has 0 aliphatic heterocycles. The lowest BCUT2D eigenvalue weighted by Gasteiger charge is -2.22. The van der Waals surface area contributed by atoms with Crippen LogP contribution in [0.25, 0.3) is 0 Å². The van der Waals surface area contributed by atoms with E-state index >= 15 is 0 Å². The van der Waals surface area contributed by atoms with Crippen LogP contribution in [0.15, 0.2) is 12.1 Å². The van der Waals surface area contributed by atoms with Crippen molar-refractivity contribution < 1.29 is 43.4 Å². The molecule has 0 unspecified atom stereocenters. The molecule has 0 fully saturated rings. The van der Waals surface area contributed by atoms with Gasteiger partial charge in [0.2, 0.25) is 34.5 Å². The topological polar surface area (TPSA) is 105 Å². The number of hydrogen-bond donors (Lipinski definition) is 2. The SMILES string of the molecule is CCOc1cc(Oc2cc(OCC)c(O)c(OCC)c2OCC)c(OCC)c(OCC)c1O. The molecule has 0 spiro atoms. The summed E-state index contributed by atoms with van der Waals surface area (Å²) in [7, 11) is 0. The quantitative estimate of drug-likeness (QED) is 0.384. The second-order valence-corrected chi connectivity index (χ2v) is 6.46. The molecule has 0 atom stereocenters. The molecule has 0 saturated carbocycles. The molecule has 0 aliphatic carbocycles. The molecule has 33 heavy (non-hydrogen) atoms. The van der Waals surface area contributed by atoms with Crippen LogP contribution in [0.3, 0.4) is 0 Å². The van der Waals surface area contributed by atoms with Gasteiger partial charge in [-0.05, 0) is 41.5 Å². The van der Waals surface area contributed by atoms with Crippen LogP contribution in [0.4, 0.5) is 0 Å². The Hall–Kier alpha value is -3.36. The van der Waals surface area contributed by atoms with Crippen molar-refractivity contribution in [3.8, 4) is 57.5 Å². The van der Waals surface area contributed by atoms with E-state index in [4.69, 9.17) is 33.2 Å². The normalized spacial score (nSPS) is 10.5. The van der Waals surface area contributed by atoms with Crippen molar-refractivity contribution in [2.75, 3.05) is 39.6 Å². The molecule has 0 aliphatic rings. The van der Waals surface area contributed by atoms with E-state index in [1.54, 1.807) is 41.5 Å². The molecule has 0 amide bonds. The van der Waals surface area contributed by atoms with Crippen molar-refractivity contribution in [3.05, 3.63) is 12.1 Å². The number of benzene rings is 2. The number of rotatable bonds is 14. The van der Waals surface area contributed by atoms with Gasteiger partial charge in [0.1, 0.15) is 0 Å². The molecule has 2 aromatic carbocycles. The maximum Gasteiger partial charge on any atom is 0.211 e. The van der Waals surface area contributed by atoms with E-state index in [0.717, 1.165) is 0 Å². The first-order chi connectivity index (χ1) is 16.0. The van der Waals surface area contributed by atoms with Crippen molar-refractivity contribution in [3.63, 3.8) is 0 Å². The standard InChI is InChI=1S/C24H34O9/c1-7-27-15-13-17(21(29-9-3)23(19(15)25)31-11-5)33-18-14-16(28-8-2)20(26)24(32-12-6)22(18)30-10-4/h13-14,25-26H,7-12H2,1-6H3. The first-order valence-electron chi connectivity index (χ1n) is 11.2. The van der Waals surface area contributed by atoms with Gasteiger partial charge in [-0.1, -0.05) is 0 Å². The summed E-state index contributed by atoms with van der Waals surface area (Å²) in [6.45, 7) is 12.6. The van der Waals surface area contributed by atoms with E-state index in [9.17, 15) is 10.2 Å². The van der Waals surface area contributed by atoms with E-state index in [1.165, 1.54) is 12.1 Å². The molecular weight excluding hydrogens is 432 g/mol. The van der Waals surface area contributed by atoms with Crippen molar-refractivity contribution in [1.29, 1.82) is 0 Å². The molecule has 9 nitrogen and oxygen atoms in total. The molecule has 2 N–H and O–H groups in total. The average Bonchev–Trinajstić information content (AvgIpc) is 2.79. The highest BCUT2D eigenvalue weighted by Gasteiger charge is 2.27. The average molecular weight is 467 g/mol. The van der Waals surface area contributed by atoms with Gasteiger partial charge in [0.25, 0.3) is 0 Å². The zero-order valence-corrected chi connectivity index (χ0v) is 20.1. The highest BCUT2D eigenvalue weighted by molar-refractivity contribution is 5.69. The molecule has 0 bridgehead atoms. The zero-order valence-electron chi connectivity index (χ0n) is 20.1. The van der Waals surface area contributed by atoms with Crippen molar-refractivity contribution in [2.24, 2.45) is 0 Å². The summed E-state index contributed by atoms with van der Waals surface area (Å²) in [4.78, 5) is 0. The third kappa shape index (κ3) is 5.91. The van der Waals surface area contributed by atoms with Crippen LogP contribution in [0, 0.1) is 0 Å². The molecule has 2 rings (SSSR count). The Kier molecular flexibility index (Phi) is 9.90. The summed E-state index contributed by atoms with van der Waals surface area (Å²) in [5.41, 5.74) is 0. The number of phenolic OH excluding ortho intramolecular Hbond substituents is 2. The molecule has 0 aromatic heterocycles. The van der Waals surface area contributed by atoms with Crippen LogP contribution in [0.2, 0.25) is 0 Å². The van der Waals surface area contributed by atoms with Crippen molar-refractivity contribution in [1.82, 2.24) is 0 Å². The third-order valence-corrected chi connectivity index (χ3v) is 4.26. The lowest BCUT2D eigenvalue weighted by atomic mass is 10.2. The Balaban J connectivity index is 2.75. The lowest BCUT2D eigenvalue weighted by molar-refractivity contribution is 0.244. The van der Waals surface area contributed by atoms with Crippen LogP contribution >= 0.6 is 0 Å². The molecule has 0 saturated heterocycles. The van der Waals surface area contributed by atoms with Crippen LogP contribution in [0.1, 0.15) is 41.5 Å². The van der Waals surface area contributed by atoms with Gasteiger partial charge in [-0.25, -0.2) is 0 Å². The largest absolute Gasteiger partial charge is 0.502 e.